The Hall–Kier alpha value is -0.900. The molecule has 1 aliphatic carbocycles. The van der Waals surface area contributed by atoms with Gasteiger partial charge in [0.1, 0.15) is 0 Å². The van der Waals surface area contributed by atoms with Gasteiger partial charge in [-0.15, -0.1) is 11.3 Å². The summed E-state index contributed by atoms with van der Waals surface area (Å²) in [6.07, 6.45) is 8.57. The summed E-state index contributed by atoms with van der Waals surface area (Å²) >= 11 is 1.57. The fourth-order valence-electron chi connectivity index (χ4n) is 3.02. The topological polar surface area (TPSA) is 50.2 Å². The van der Waals surface area contributed by atoms with Gasteiger partial charge in [0.15, 0.2) is 0 Å². The standard InChI is InChI=1S/C14H21NO2S/c1-2-3-11-4-6-14(7-5-11,13(16)17)10-12-15-8-9-18-12/h8-9,11H,2-7,10H2,1H3,(H,16,17). The van der Waals surface area contributed by atoms with Crippen molar-refractivity contribution in [3.05, 3.63) is 16.6 Å². The zero-order valence-corrected chi connectivity index (χ0v) is 11.7. The molecule has 3 nitrogen and oxygen atoms in total. The van der Waals surface area contributed by atoms with E-state index >= 15 is 0 Å². The molecule has 0 unspecified atom stereocenters. The van der Waals surface area contributed by atoms with E-state index in [0.717, 1.165) is 36.6 Å². The Labute approximate surface area is 112 Å². The van der Waals surface area contributed by atoms with E-state index in [2.05, 4.69) is 11.9 Å². The number of rotatable bonds is 5. The molecular weight excluding hydrogens is 246 g/mol. The van der Waals surface area contributed by atoms with E-state index in [1.54, 1.807) is 17.5 Å². The lowest BCUT2D eigenvalue weighted by Gasteiger charge is -2.36. The van der Waals surface area contributed by atoms with E-state index in [-0.39, 0.29) is 0 Å². The maximum absolute atomic E-state index is 11.6. The molecule has 2 rings (SSSR count). The molecule has 0 aliphatic heterocycles. The van der Waals surface area contributed by atoms with Crippen molar-refractivity contribution in [2.45, 2.75) is 51.9 Å². The molecule has 1 aromatic heterocycles. The average Bonchev–Trinajstić information content (AvgIpc) is 2.84. The van der Waals surface area contributed by atoms with Gasteiger partial charge in [0.05, 0.1) is 10.4 Å². The van der Waals surface area contributed by atoms with E-state index in [4.69, 9.17) is 0 Å². The van der Waals surface area contributed by atoms with Crippen LogP contribution in [0.25, 0.3) is 0 Å². The lowest BCUT2D eigenvalue weighted by molar-refractivity contribution is -0.151. The average molecular weight is 267 g/mol. The largest absolute Gasteiger partial charge is 0.481 e. The molecule has 1 heterocycles. The van der Waals surface area contributed by atoms with Crippen molar-refractivity contribution < 1.29 is 9.90 Å². The number of nitrogens with zero attached hydrogens (tertiary/aromatic N) is 1. The van der Waals surface area contributed by atoms with Crippen LogP contribution in [0.15, 0.2) is 11.6 Å². The molecule has 4 heteroatoms. The summed E-state index contributed by atoms with van der Waals surface area (Å²) in [5.74, 6) is 0.103. The van der Waals surface area contributed by atoms with Crippen molar-refractivity contribution in [1.29, 1.82) is 0 Å². The predicted molar refractivity (Wildman–Crippen MR) is 72.8 cm³/mol. The fourth-order valence-corrected chi connectivity index (χ4v) is 3.78. The van der Waals surface area contributed by atoms with Crippen LogP contribution < -0.4 is 0 Å². The third kappa shape index (κ3) is 2.91. The van der Waals surface area contributed by atoms with Crippen LogP contribution in [-0.2, 0) is 11.2 Å². The van der Waals surface area contributed by atoms with Gasteiger partial charge in [0, 0.05) is 18.0 Å². The maximum atomic E-state index is 11.6. The molecule has 0 spiro atoms. The number of thiazole rings is 1. The number of aromatic nitrogens is 1. The van der Waals surface area contributed by atoms with E-state index in [0.29, 0.717) is 6.42 Å². The minimum atomic E-state index is -0.632. The van der Waals surface area contributed by atoms with Crippen LogP contribution in [0.1, 0.15) is 50.5 Å². The minimum absolute atomic E-state index is 0.553. The summed E-state index contributed by atoms with van der Waals surface area (Å²) in [6, 6.07) is 0. The molecule has 0 atom stereocenters. The molecule has 100 valence electrons. The first-order chi connectivity index (χ1) is 8.66. The summed E-state index contributed by atoms with van der Waals surface area (Å²) in [4.78, 5) is 15.9. The fraction of sp³-hybridized carbons (Fsp3) is 0.714. The molecule has 0 amide bonds. The van der Waals surface area contributed by atoms with Crippen molar-refractivity contribution in [1.82, 2.24) is 4.98 Å². The van der Waals surface area contributed by atoms with Crippen LogP contribution >= 0.6 is 11.3 Å². The SMILES string of the molecule is CCCC1CCC(Cc2nccs2)(C(=O)O)CC1. The van der Waals surface area contributed by atoms with Gasteiger partial charge in [-0.2, -0.15) is 0 Å². The second kappa shape index (κ2) is 5.83. The lowest BCUT2D eigenvalue weighted by atomic mass is 9.68. The molecule has 0 radical (unpaired) electrons. The number of carboxylic acids is 1. The zero-order chi connectivity index (χ0) is 13.0. The van der Waals surface area contributed by atoms with Gasteiger partial charge >= 0.3 is 5.97 Å². The van der Waals surface area contributed by atoms with Gasteiger partial charge in [-0.05, 0) is 31.6 Å². The van der Waals surface area contributed by atoms with Crippen LogP contribution in [-0.4, -0.2) is 16.1 Å². The second-order valence-corrected chi connectivity index (χ2v) is 6.40. The molecule has 0 aromatic carbocycles. The zero-order valence-electron chi connectivity index (χ0n) is 10.9. The van der Waals surface area contributed by atoms with Crippen LogP contribution in [0.4, 0.5) is 0 Å². The van der Waals surface area contributed by atoms with Gasteiger partial charge in [0.25, 0.3) is 0 Å². The Balaban J connectivity index is 2.03. The van der Waals surface area contributed by atoms with Gasteiger partial charge in [-0.3, -0.25) is 4.79 Å². The Bertz CT molecular complexity index is 381. The summed E-state index contributed by atoms with van der Waals surface area (Å²) in [7, 11) is 0. The third-order valence-electron chi connectivity index (χ3n) is 4.19. The van der Waals surface area contributed by atoms with Crippen molar-refractivity contribution in [3.63, 3.8) is 0 Å². The molecule has 0 saturated heterocycles. The number of carbonyl (C=O) groups is 1. The van der Waals surface area contributed by atoms with Gasteiger partial charge in [0.2, 0.25) is 0 Å². The van der Waals surface area contributed by atoms with E-state index in [9.17, 15) is 9.90 Å². The number of hydrogen-bond acceptors (Lipinski definition) is 3. The highest BCUT2D eigenvalue weighted by Crippen LogP contribution is 2.43. The third-order valence-corrected chi connectivity index (χ3v) is 4.97. The Morgan fingerprint density at radius 2 is 2.28 bits per heavy atom. The van der Waals surface area contributed by atoms with Gasteiger partial charge in [-0.25, -0.2) is 4.98 Å². The molecule has 18 heavy (non-hydrogen) atoms. The first-order valence-electron chi connectivity index (χ1n) is 6.78. The maximum Gasteiger partial charge on any atom is 0.310 e. The molecule has 0 bridgehead atoms. The molecule has 1 aromatic rings. The Morgan fingerprint density at radius 3 is 2.78 bits per heavy atom. The van der Waals surface area contributed by atoms with Gasteiger partial charge < -0.3 is 5.11 Å². The van der Waals surface area contributed by atoms with Crippen molar-refractivity contribution in [3.8, 4) is 0 Å². The molecule has 1 N–H and O–H groups in total. The normalized spacial score (nSPS) is 28.2. The lowest BCUT2D eigenvalue weighted by Crippen LogP contribution is -2.37. The molecule has 1 saturated carbocycles. The van der Waals surface area contributed by atoms with Gasteiger partial charge in [-0.1, -0.05) is 19.8 Å². The van der Waals surface area contributed by atoms with Crippen LogP contribution in [0.5, 0.6) is 0 Å². The summed E-state index contributed by atoms with van der Waals surface area (Å²) in [5.41, 5.74) is -0.553. The second-order valence-electron chi connectivity index (χ2n) is 5.42. The molecule has 1 fully saturated rings. The van der Waals surface area contributed by atoms with Crippen LogP contribution in [0.2, 0.25) is 0 Å². The quantitative estimate of drug-likeness (QED) is 0.884. The first kappa shape index (κ1) is 13.5. The van der Waals surface area contributed by atoms with E-state index < -0.39 is 11.4 Å². The van der Waals surface area contributed by atoms with Crippen molar-refractivity contribution in [2.75, 3.05) is 0 Å². The van der Waals surface area contributed by atoms with Crippen LogP contribution in [0.3, 0.4) is 0 Å². The smallest absolute Gasteiger partial charge is 0.310 e. The van der Waals surface area contributed by atoms with Crippen molar-refractivity contribution in [2.24, 2.45) is 11.3 Å². The number of aliphatic carboxylic acids is 1. The number of carboxylic acid groups (broad SMARTS) is 1. The highest BCUT2D eigenvalue weighted by Gasteiger charge is 2.42. The first-order valence-corrected chi connectivity index (χ1v) is 7.66. The summed E-state index contributed by atoms with van der Waals surface area (Å²) in [6.45, 7) is 2.20. The van der Waals surface area contributed by atoms with E-state index in [1.807, 2.05) is 5.38 Å². The number of hydrogen-bond donors (Lipinski definition) is 1. The summed E-state index contributed by atoms with van der Waals surface area (Å²) in [5, 5.41) is 12.5. The Morgan fingerprint density at radius 1 is 1.56 bits per heavy atom. The minimum Gasteiger partial charge on any atom is -0.481 e. The molecular formula is C14H21NO2S. The highest BCUT2D eigenvalue weighted by atomic mass is 32.1. The Kier molecular flexibility index (Phi) is 4.38. The predicted octanol–water partition coefficient (Wildman–Crippen LogP) is 3.75. The van der Waals surface area contributed by atoms with Crippen LogP contribution in [0, 0.1) is 11.3 Å². The summed E-state index contributed by atoms with van der Waals surface area (Å²) < 4.78 is 0. The highest BCUT2D eigenvalue weighted by molar-refractivity contribution is 7.09. The molecule has 1 aliphatic rings. The van der Waals surface area contributed by atoms with E-state index in [1.165, 1.54) is 12.8 Å². The monoisotopic (exact) mass is 267 g/mol. The van der Waals surface area contributed by atoms with Crippen molar-refractivity contribution >= 4 is 17.3 Å².